The van der Waals surface area contributed by atoms with E-state index in [1.807, 2.05) is 19.9 Å². The molecule has 2 rings (SSSR count). The van der Waals surface area contributed by atoms with Crippen molar-refractivity contribution in [1.82, 2.24) is 5.32 Å². The zero-order valence-corrected chi connectivity index (χ0v) is 15.0. The average molecular weight is 337 g/mol. The molecule has 4 nitrogen and oxygen atoms in total. The van der Waals surface area contributed by atoms with E-state index in [9.17, 15) is 10.0 Å². The number of pyridine rings is 1. The van der Waals surface area contributed by atoms with Crippen molar-refractivity contribution in [2.75, 3.05) is 0 Å². The predicted octanol–water partition coefficient (Wildman–Crippen LogP) is 3.67. The third-order valence-electron chi connectivity index (χ3n) is 4.35. The van der Waals surface area contributed by atoms with Crippen LogP contribution in [0, 0.1) is 11.1 Å². The third-order valence-corrected chi connectivity index (χ3v) is 5.92. The Kier molecular flexibility index (Phi) is 7.21. The number of nitrogens with zero attached hydrogens (tertiary/aromatic N) is 1. The van der Waals surface area contributed by atoms with Crippen molar-refractivity contribution in [3.63, 3.8) is 0 Å². The molecule has 0 aliphatic heterocycles. The maximum absolute atomic E-state index is 12.7. The van der Waals surface area contributed by atoms with E-state index in [0.717, 1.165) is 17.6 Å². The average Bonchev–Trinajstić information content (AvgIpc) is 2.48. The molecule has 0 aromatic carbocycles. The Bertz CT molecular complexity index is 500. The van der Waals surface area contributed by atoms with E-state index in [-0.39, 0.29) is 17.1 Å². The van der Waals surface area contributed by atoms with E-state index in [2.05, 4.69) is 5.32 Å². The number of amides is 1. The first-order valence-corrected chi connectivity index (χ1v) is 9.61. The van der Waals surface area contributed by atoms with Gasteiger partial charge in [-0.3, -0.25) is 4.79 Å². The van der Waals surface area contributed by atoms with Crippen LogP contribution in [0.4, 0.5) is 0 Å². The SMILES string of the molecule is CC(C)C(Sc1cccc[n+]1[O-])C(=O)NC1CCCCCCC1. The minimum atomic E-state index is -0.233. The van der Waals surface area contributed by atoms with Gasteiger partial charge in [-0.15, -0.1) is 0 Å². The summed E-state index contributed by atoms with van der Waals surface area (Å²) in [6.07, 6.45) is 9.90. The van der Waals surface area contributed by atoms with E-state index >= 15 is 0 Å². The molecule has 0 radical (unpaired) electrons. The molecule has 1 amide bonds. The van der Waals surface area contributed by atoms with Crippen LogP contribution in [0.25, 0.3) is 0 Å². The van der Waals surface area contributed by atoms with Crippen molar-refractivity contribution in [3.05, 3.63) is 29.6 Å². The zero-order chi connectivity index (χ0) is 16.7. The number of carbonyl (C=O) groups excluding carboxylic acids is 1. The second-order valence-electron chi connectivity index (χ2n) is 6.70. The lowest BCUT2D eigenvalue weighted by Gasteiger charge is -2.25. The molecule has 23 heavy (non-hydrogen) atoms. The molecule has 0 saturated heterocycles. The van der Waals surface area contributed by atoms with Crippen molar-refractivity contribution in [2.24, 2.45) is 5.92 Å². The van der Waals surface area contributed by atoms with Crippen LogP contribution in [0.5, 0.6) is 0 Å². The maximum Gasteiger partial charge on any atom is 0.252 e. The van der Waals surface area contributed by atoms with Crippen molar-refractivity contribution in [2.45, 2.75) is 75.1 Å². The van der Waals surface area contributed by atoms with Gasteiger partial charge in [-0.05, 0) is 36.6 Å². The first-order valence-electron chi connectivity index (χ1n) is 8.73. The second kappa shape index (κ2) is 9.16. The van der Waals surface area contributed by atoms with Crippen molar-refractivity contribution in [1.29, 1.82) is 0 Å². The summed E-state index contributed by atoms with van der Waals surface area (Å²) in [4.78, 5) is 12.7. The molecular formula is C18H28N2O2S. The van der Waals surface area contributed by atoms with Gasteiger partial charge in [0.2, 0.25) is 5.91 Å². The Morgan fingerprint density at radius 1 is 1.22 bits per heavy atom. The highest BCUT2D eigenvalue weighted by molar-refractivity contribution is 8.00. The van der Waals surface area contributed by atoms with Gasteiger partial charge in [0, 0.05) is 18.2 Å². The standard InChI is InChI=1S/C18H28N2O2S/c1-14(2)17(23-16-12-8-9-13-20(16)22)18(21)19-15-10-6-4-3-5-7-11-15/h8-9,12-15,17H,3-7,10-11H2,1-2H3,(H,19,21). The molecule has 1 atom stereocenters. The van der Waals surface area contributed by atoms with Crippen LogP contribution >= 0.6 is 11.8 Å². The summed E-state index contributed by atoms with van der Waals surface area (Å²) in [7, 11) is 0. The molecule has 1 heterocycles. The maximum atomic E-state index is 12.7. The summed E-state index contributed by atoms with van der Waals surface area (Å²) >= 11 is 1.37. The molecule has 1 saturated carbocycles. The Morgan fingerprint density at radius 2 is 1.87 bits per heavy atom. The summed E-state index contributed by atoms with van der Waals surface area (Å²) < 4.78 is 0.836. The van der Waals surface area contributed by atoms with Gasteiger partial charge in [-0.25, -0.2) is 0 Å². The van der Waals surface area contributed by atoms with Crippen LogP contribution < -0.4 is 10.0 Å². The first-order chi connectivity index (χ1) is 11.1. The molecule has 1 aliphatic carbocycles. The fourth-order valence-electron chi connectivity index (χ4n) is 3.01. The highest BCUT2D eigenvalue weighted by Gasteiger charge is 2.28. The molecule has 5 heteroatoms. The number of nitrogens with one attached hydrogen (secondary N) is 1. The van der Waals surface area contributed by atoms with Gasteiger partial charge >= 0.3 is 0 Å². The van der Waals surface area contributed by atoms with Gasteiger partial charge in [-0.1, -0.05) is 46.0 Å². The number of thioether (sulfide) groups is 1. The van der Waals surface area contributed by atoms with E-state index in [1.165, 1.54) is 50.1 Å². The fraction of sp³-hybridized carbons (Fsp3) is 0.667. The number of hydrogen-bond donors (Lipinski definition) is 1. The Hall–Kier alpha value is -1.23. The largest absolute Gasteiger partial charge is 0.618 e. The number of aromatic nitrogens is 1. The molecule has 128 valence electrons. The van der Waals surface area contributed by atoms with Gasteiger partial charge in [-0.2, -0.15) is 4.73 Å². The van der Waals surface area contributed by atoms with E-state index in [4.69, 9.17) is 0 Å². The first kappa shape index (κ1) is 18.1. The summed E-state index contributed by atoms with van der Waals surface area (Å²) in [5.41, 5.74) is 0. The van der Waals surface area contributed by atoms with Crippen molar-refractivity contribution >= 4 is 17.7 Å². The molecule has 1 aliphatic rings. The lowest BCUT2D eigenvalue weighted by atomic mass is 9.96. The molecule has 1 N–H and O–H groups in total. The summed E-state index contributed by atoms with van der Waals surface area (Å²) in [5.74, 6) is 0.244. The zero-order valence-electron chi connectivity index (χ0n) is 14.2. The topological polar surface area (TPSA) is 56.0 Å². The highest BCUT2D eigenvalue weighted by Crippen LogP contribution is 2.26. The van der Waals surface area contributed by atoms with Crippen molar-refractivity contribution in [3.8, 4) is 0 Å². The third kappa shape index (κ3) is 5.72. The van der Waals surface area contributed by atoms with Gasteiger partial charge in [0.25, 0.3) is 5.03 Å². The van der Waals surface area contributed by atoms with E-state index < -0.39 is 0 Å². The van der Waals surface area contributed by atoms with E-state index in [0.29, 0.717) is 11.1 Å². The minimum Gasteiger partial charge on any atom is -0.618 e. The molecular weight excluding hydrogens is 308 g/mol. The quantitative estimate of drug-likeness (QED) is 0.507. The van der Waals surface area contributed by atoms with Crippen LogP contribution in [-0.4, -0.2) is 17.2 Å². The van der Waals surface area contributed by atoms with Gasteiger partial charge in [0.05, 0.1) is 5.25 Å². The number of carbonyl (C=O) groups is 1. The predicted molar refractivity (Wildman–Crippen MR) is 94.1 cm³/mol. The highest BCUT2D eigenvalue weighted by atomic mass is 32.2. The number of hydrogen-bond acceptors (Lipinski definition) is 3. The lowest BCUT2D eigenvalue weighted by molar-refractivity contribution is -0.645. The Morgan fingerprint density at radius 3 is 2.48 bits per heavy atom. The van der Waals surface area contributed by atoms with Crippen LogP contribution in [0.3, 0.4) is 0 Å². The second-order valence-corrected chi connectivity index (χ2v) is 7.86. The van der Waals surface area contributed by atoms with Crippen LogP contribution in [-0.2, 0) is 4.79 Å². The smallest absolute Gasteiger partial charge is 0.252 e. The van der Waals surface area contributed by atoms with Crippen LogP contribution in [0.15, 0.2) is 29.4 Å². The van der Waals surface area contributed by atoms with Crippen molar-refractivity contribution < 1.29 is 9.52 Å². The molecule has 1 aromatic heterocycles. The monoisotopic (exact) mass is 336 g/mol. The fourth-order valence-corrected chi connectivity index (χ4v) is 4.04. The molecule has 1 aromatic rings. The summed E-state index contributed by atoms with van der Waals surface area (Å²) in [5, 5.41) is 15.4. The summed E-state index contributed by atoms with van der Waals surface area (Å²) in [6, 6.07) is 5.60. The van der Waals surface area contributed by atoms with Gasteiger partial charge in [0.15, 0.2) is 6.20 Å². The molecule has 0 bridgehead atoms. The minimum absolute atomic E-state index is 0.0689. The van der Waals surface area contributed by atoms with E-state index in [1.54, 1.807) is 12.1 Å². The number of rotatable bonds is 5. The van der Waals surface area contributed by atoms with Gasteiger partial charge in [0.1, 0.15) is 0 Å². The normalized spacial score (nSPS) is 18.2. The van der Waals surface area contributed by atoms with Gasteiger partial charge < -0.3 is 10.5 Å². The summed E-state index contributed by atoms with van der Waals surface area (Å²) in [6.45, 7) is 4.07. The molecule has 1 fully saturated rings. The Balaban J connectivity index is 1.99. The Labute approximate surface area is 143 Å². The lowest BCUT2D eigenvalue weighted by Crippen LogP contribution is -2.43. The van der Waals surface area contributed by atoms with Crippen LogP contribution in [0.2, 0.25) is 0 Å². The molecule has 0 spiro atoms. The molecule has 1 unspecified atom stereocenters. The van der Waals surface area contributed by atoms with Crippen LogP contribution in [0.1, 0.15) is 58.8 Å².